The third-order valence-corrected chi connectivity index (χ3v) is 3.48. The van der Waals surface area contributed by atoms with Gasteiger partial charge in [0.2, 0.25) is 0 Å². The molecule has 2 aromatic carbocycles. The van der Waals surface area contributed by atoms with E-state index in [0.717, 1.165) is 5.56 Å². The SMILES string of the molecule is N#C/C(=C\c1ccccc1OCC(=O)O)C(=O)NCCc1ccccc1. The summed E-state index contributed by atoms with van der Waals surface area (Å²) in [5.41, 5.74) is 1.47. The molecule has 0 aliphatic rings. The van der Waals surface area contributed by atoms with E-state index in [2.05, 4.69) is 5.32 Å². The van der Waals surface area contributed by atoms with Gasteiger partial charge in [0.05, 0.1) is 0 Å². The van der Waals surface area contributed by atoms with Crippen molar-refractivity contribution in [3.8, 4) is 11.8 Å². The van der Waals surface area contributed by atoms with Gasteiger partial charge in [-0.3, -0.25) is 4.79 Å². The van der Waals surface area contributed by atoms with Crippen LogP contribution in [-0.2, 0) is 16.0 Å². The Labute approximate surface area is 151 Å². The van der Waals surface area contributed by atoms with Crippen LogP contribution >= 0.6 is 0 Å². The zero-order chi connectivity index (χ0) is 18.8. The van der Waals surface area contributed by atoms with Crippen LogP contribution in [0, 0.1) is 11.3 Å². The minimum absolute atomic E-state index is 0.0792. The van der Waals surface area contributed by atoms with Gasteiger partial charge in [0.1, 0.15) is 17.4 Å². The number of para-hydroxylation sites is 1. The van der Waals surface area contributed by atoms with Crippen LogP contribution in [0.2, 0.25) is 0 Å². The number of hydrogen-bond acceptors (Lipinski definition) is 4. The molecule has 2 rings (SSSR count). The summed E-state index contributed by atoms with van der Waals surface area (Å²) in [6.45, 7) is -0.102. The number of nitriles is 1. The summed E-state index contributed by atoms with van der Waals surface area (Å²) in [5, 5.41) is 20.7. The molecule has 0 heterocycles. The molecule has 2 aromatic rings. The van der Waals surface area contributed by atoms with Crippen LogP contribution < -0.4 is 10.1 Å². The van der Waals surface area contributed by atoms with E-state index in [1.165, 1.54) is 6.08 Å². The number of ether oxygens (including phenoxy) is 1. The van der Waals surface area contributed by atoms with Crippen molar-refractivity contribution >= 4 is 18.0 Å². The Morgan fingerprint density at radius 2 is 1.81 bits per heavy atom. The summed E-state index contributed by atoms with van der Waals surface area (Å²) in [4.78, 5) is 22.9. The number of carboxylic acids is 1. The molecule has 6 nitrogen and oxygen atoms in total. The van der Waals surface area contributed by atoms with Crippen LogP contribution in [0.4, 0.5) is 0 Å². The molecule has 0 unspecified atom stereocenters. The number of amides is 1. The Bertz CT molecular complexity index is 838. The van der Waals surface area contributed by atoms with Gasteiger partial charge in [0.15, 0.2) is 6.61 Å². The van der Waals surface area contributed by atoms with Crippen molar-refractivity contribution in [2.24, 2.45) is 0 Å². The molecule has 2 N–H and O–H groups in total. The molecule has 6 heteroatoms. The van der Waals surface area contributed by atoms with Gasteiger partial charge in [-0.15, -0.1) is 0 Å². The average Bonchev–Trinajstić information content (AvgIpc) is 2.65. The van der Waals surface area contributed by atoms with Crippen LogP contribution in [0.1, 0.15) is 11.1 Å². The highest BCUT2D eigenvalue weighted by Gasteiger charge is 2.11. The number of nitrogens with zero attached hydrogens (tertiary/aromatic N) is 1. The van der Waals surface area contributed by atoms with Gasteiger partial charge in [-0.2, -0.15) is 5.26 Å². The molecule has 0 radical (unpaired) electrons. The molecule has 0 spiro atoms. The lowest BCUT2D eigenvalue weighted by atomic mass is 10.1. The highest BCUT2D eigenvalue weighted by atomic mass is 16.5. The van der Waals surface area contributed by atoms with E-state index in [4.69, 9.17) is 9.84 Å². The van der Waals surface area contributed by atoms with Crippen molar-refractivity contribution in [2.45, 2.75) is 6.42 Å². The maximum atomic E-state index is 12.2. The van der Waals surface area contributed by atoms with Crippen molar-refractivity contribution in [1.82, 2.24) is 5.32 Å². The molecule has 1 amide bonds. The third-order valence-electron chi connectivity index (χ3n) is 3.48. The number of hydrogen-bond donors (Lipinski definition) is 2. The predicted molar refractivity (Wildman–Crippen MR) is 96.3 cm³/mol. The standard InChI is InChI=1S/C20H18N2O4/c21-13-17(20(25)22-11-10-15-6-2-1-3-7-15)12-16-8-4-5-9-18(16)26-14-19(23)24/h1-9,12H,10-11,14H2,(H,22,25)(H,23,24)/b17-12+. The molecule has 26 heavy (non-hydrogen) atoms. The third kappa shape index (κ3) is 5.80. The molecular formula is C20H18N2O4. The van der Waals surface area contributed by atoms with Gasteiger partial charge in [0, 0.05) is 12.1 Å². The highest BCUT2D eigenvalue weighted by molar-refractivity contribution is 6.02. The van der Waals surface area contributed by atoms with Gasteiger partial charge in [0.25, 0.3) is 5.91 Å². The second kappa shape index (κ2) is 9.64. The summed E-state index contributed by atoms with van der Waals surface area (Å²) in [7, 11) is 0. The maximum absolute atomic E-state index is 12.2. The fourth-order valence-corrected chi connectivity index (χ4v) is 2.24. The number of carbonyl (C=O) groups is 2. The zero-order valence-corrected chi connectivity index (χ0v) is 14.0. The lowest BCUT2D eigenvalue weighted by molar-refractivity contribution is -0.139. The molecule has 0 aromatic heterocycles. The minimum atomic E-state index is -1.11. The van der Waals surface area contributed by atoms with Crippen LogP contribution in [-0.4, -0.2) is 30.1 Å². The van der Waals surface area contributed by atoms with Gasteiger partial charge in [-0.05, 0) is 24.1 Å². The first-order valence-electron chi connectivity index (χ1n) is 7.97. The van der Waals surface area contributed by atoms with Gasteiger partial charge in [-0.25, -0.2) is 4.79 Å². The van der Waals surface area contributed by atoms with E-state index in [-0.39, 0.29) is 5.57 Å². The maximum Gasteiger partial charge on any atom is 0.341 e. The van der Waals surface area contributed by atoms with Crippen LogP contribution in [0.15, 0.2) is 60.2 Å². The summed E-state index contributed by atoms with van der Waals surface area (Å²) in [6.07, 6.45) is 2.04. The second-order valence-electron chi connectivity index (χ2n) is 5.38. The van der Waals surface area contributed by atoms with E-state index in [1.54, 1.807) is 24.3 Å². The lowest BCUT2D eigenvalue weighted by Gasteiger charge is -2.08. The fraction of sp³-hybridized carbons (Fsp3) is 0.150. The molecule has 0 saturated heterocycles. The molecule has 0 bridgehead atoms. The normalized spacial score (nSPS) is 10.7. The first-order chi connectivity index (χ1) is 12.6. The fourth-order valence-electron chi connectivity index (χ4n) is 2.24. The molecule has 0 fully saturated rings. The van der Waals surface area contributed by atoms with Crippen molar-refractivity contribution in [3.05, 3.63) is 71.3 Å². The quantitative estimate of drug-likeness (QED) is 0.563. The van der Waals surface area contributed by atoms with E-state index in [0.29, 0.717) is 24.3 Å². The zero-order valence-electron chi connectivity index (χ0n) is 14.0. The van der Waals surface area contributed by atoms with Crippen molar-refractivity contribution < 1.29 is 19.4 Å². The Morgan fingerprint density at radius 3 is 2.50 bits per heavy atom. The van der Waals surface area contributed by atoms with E-state index >= 15 is 0 Å². The minimum Gasteiger partial charge on any atom is -0.481 e. The number of nitrogens with one attached hydrogen (secondary N) is 1. The van der Waals surface area contributed by atoms with E-state index in [1.807, 2.05) is 36.4 Å². The van der Waals surface area contributed by atoms with Crippen LogP contribution in [0.3, 0.4) is 0 Å². The molecule has 0 aliphatic heterocycles. The van der Waals surface area contributed by atoms with Crippen molar-refractivity contribution in [3.63, 3.8) is 0 Å². The lowest BCUT2D eigenvalue weighted by Crippen LogP contribution is -2.26. The monoisotopic (exact) mass is 350 g/mol. The predicted octanol–water partition coefficient (Wildman–Crippen LogP) is 2.42. The number of aliphatic carboxylic acids is 1. The second-order valence-corrected chi connectivity index (χ2v) is 5.38. The number of rotatable bonds is 8. The molecule has 0 aliphatic carbocycles. The van der Waals surface area contributed by atoms with Gasteiger partial charge < -0.3 is 15.2 Å². The number of carboxylic acid groups (broad SMARTS) is 1. The molecule has 132 valence electrons. The Morgan fingerprint density at radius 1 is 1.12 bits per heavy atom. The topological polar surface area (TPSA) is 99.4 Å². The number of carbonyl (C=O) groups excluding carboxylic acids is 1. The molecular weight excluding hydrogens is 332 g/mol. The van der Waals surface area contributed by atoms with Crippen LogP contribution in [0.5, 0.6) is 5.75 Å². The Kier molecular flexibility index (Phi) is 6.95. The first kappa shape index (κ1) is 18.7. The first-order valence-corrected chi connectivity index (χ1v) is 7.97. The van der Waals surface area contributed by atoms with E-state index in [9.17, 15) is 14.9 Å². The van der Waals surface area contributed by atoms with Crippen molar-refractivity contribution in [1.29, 1.82) is 5.26 Å². The Balaban J connectivity index is 2.04. The number of benzene rings is 2. The van der Waals surface area contributed by atoms with Gasteiger partial charge in [-0.1, -0.05) is 48.5 Å². The highest BCUT2D eigenvalue weighted by Crippen LogP contribution is 2.21. The molecule has 0 atom stereocenters. The Hall–Kier alpha value is -3.59. The van der Waals surface area contributed by atoms with Gasteiger partial charge >= 0.3 is 5.97 Å². The summed E-state index contributed by atoms with van der Waals surface area (Å²) < 4.78 is 5.18. The average molecular weight is 350 g/mol. The smallest absolute Gasteiger partial charge is 0.341 e. The summed E-state index contributed by atoms with van der Waals surface area (Å²) >= 11 is 0. The van der Waals surface area contributed by atoms with Crippen LogP contribution in [0.25, 0.3) is 6.08 Å². The summed E-state index contributed by atoms with van der Waals surface area (Å²) in [5.74, 6) is -1.31. The van der Waals surface area contributed by atoms with E-state index < -0.39 is 18.5 Å². The molecule has 0 saturated carbocycles. The largest absolute Gasteiger partial charge is 0.481 e. The summed E-state index contributed by atoms with van der Waals surface area (Å²) in [6, 6.07) is 18.2. The van der Waals surface area contributed by atoms with Crippen molar-refractivity contribution in [2.75, 3.05) is 13.2 Å².